The van der Waals surface area contributed by atoms with Crippen LogP contribution in [-0.2, 0) is 20.9 Å². The maximum atomic E-state index is 12.8. The molecular formula is C23H28N2O4. The van der Waals surface area contributed by atoms with Crippen molar-refractivity contribution >= 4 is 11.9 Å². The number of hydrogen-bond donors (Lipinski definition) is 1. The molecule has 2 aromatic carbocycles. The van der Waals surface area contributed by atoms with Crippen molar-refractivity contribution in [3.8, 4) is 5.75 Å². The minimum Gasteiger partial charge on any atom is -0.497 e. The average molecular weight is 396 g/mol. The summed E-state index contributed by atoms with van der Waals surface area (Å²) in [5, 5.41) is 2.88. The topological polar surface area (TPSA) is 67.9 Å². The first kappa shape index (κ1) is 20.9. The van der Waals surface area contributed by atoms with Gasteiger partial charge in [0.05, 0.1) is 14.2 Å². The lowest BCUT2D eigenvalue weighted by molar-refractivity contribution is -0.146. The maximum absolute atomic E-state index is 12.8. The van der Waals surface area contributed by atoms with Crippen LogP contribution in [0.3, 0.4) is 0 Å². The molecule has 1 N–H and O–H groups in total. The predicted molar refractivity (Wildman–Crippen MR) is 110 cm³/mol. The molecule has 1 aliphatic rings. The lowest BCUT2D eigenvalue weighted by Gasteiger charge is -2.32. The number of piperidine rings is 1. The first-order chi connectivity index (χ1) is 14.1. The zero-order valence-corrected chi connectivity index (χ0v) is 17.0. The van der Waals surface area contributed by atoms with Gasteiger partial charge in [0.25, 0.3) is 0 Å². The smallest absolute Gasteiger partial charge is 0.333 e. The fourth-order valence-corrected chi connectivity index (χ4v) is 3.68. The molecule has 1 saturated heterocycles. The fraction of sp³-hybridized carbons (Fsp3) is 0.391. The van der Waals surface area contributed by atoms with Crippen molar-refractivity contribution in [2.45, 2.75) is 25.4 Å². The molecule has 29 heavy (non-hydrogen) atoms. The van der Waals surface area contributed by atoms with Crippen LogP contribution in [0.1, 0.15) is 30.0 Å². The number of benzene rings is 2. The first-order valence-electron chi connectivity index (χ1n) is 9.89. The lowest BCUT2D eigenvalue weighted by Crippen LogP contribution is -2.43. The monoisotopic (exact) mass is 396 g/mol. The Morgan fingerprint density at radius 1 is 1.07 bits per heavy atom. The molecule has 1 amide bonds. The number of hydrogen-bond acceptors (Lipinski definition) is 5. The Hall–Kier alpha value is -2.86. The lowest BCUT2D eigenvalue weighted by atomic mass is 9.94. The summed E-state index contributed by atoms with van der Waals surface area (Å²) in [5.41, 5.74) is 1.92. The Balaban J connectivity index is 1.55. The highest BCUT2D eigenvalue weighted by Crippen LogP contribution is 2.22. The molecule has 1 unspecified atom stereocenters. The highest BCUT2D eigenvalue weighted by atomic mass is 16.5. The van der Waals surface area contributed by atoms with Crippen LogP contribution >= 0.6 is 0 Å². The van der Waals surface area contributed by atoms with Gasteiger partial charge < -0.3 is 14.8 Å². The van der Waals surface area contributed by atoms with Gasteiger partial charge in [-0.05, 0) is 49.2 Å². The van der Waals surface area contributed by atoms with Gasteiger partial charge in [0.1, 0.15) is 5.75 Å². The van der Waals surface area contributed by atoms with E-state index in [9.17, 15) is 9.59 Å². The van der Waals surface area contributed by atoms with Gasteiger partial charge in [-0.15, -0.1) is 0 Å². The molecule has 0 saturated carbocycles. The number of carbonyl (C=O) groups is 2. The minimum atomic E-state index is -0.775. The van der Waals surface area contributed by atoms with Crippen molar-refractivity contribution in [2.24, 2.45) is 5.92 Å². The largest absolute Gasteiger partial charge is 0.497 e. The van der Waals surface area contributed by atoms with Crippen molar-refractivity contribution in [1.29, 1.82) is 0 Å². The molecule has 0 spiro atoms. The second kappa shape index (κ2) is 10.1. The molecule has 0 aromatic heterocycles. The predicted octanol–water partition coefficient (Wildman–Crippen LogP) is 2.94. The number of nitrogens with one attached hydrogen (secondary N) is 1. The van der Waals surface area contributed by atoms with Gasteiger partial charge in [0.2, 0.25) is 5.91 Å². The van der Waals surface area contributed by atoms with E-state index >= 15 is 0 Å². The third-order valence-electron chi connectivity index (χ3n) is 5.36. The molecule has 6 heteroatoms. The van der Waals surface area contributed by atoms with Gasteiger partial charge >= 0.3 is 5.97 Å². The van der Waals surface area contributed by atoms with Crippen LogP contribution in [0.25, 0.3) is 0 Å². The van der Waals surface area contributed by atoms with E-state index in [1.807, 2.05) is 48.5 Å². The van der Waals surface area contributed by atoms with E-state index in [0.29, 0.717) is 0 Å². The molecular weight excluding hydrogens is 368 g/mol. The number of rotatable bonds is 7. The van der Waals surface area contributed by atoms with E-state index in [-0.39, 0.29) is 11.8 Å². The number of methoxy groups -OCH3 is 2. The van der Waals surface area contributed by atoms with Gasteiger partial charge in [-0.3, -0.25) is 9.69 Å². The highest BCUT2D eigenvalue weighted by Gasteiger charge is 2.29. The SMILES string of the molecule is COC(=O)C(NC(=O)C1CCN(Cc2cccc(OC)c2)CC1)c1ccccc1. The van der Waals surface area contributed by atoms with E-state index in [1.165, 1.54) is 12.7 Å². The molecule has 1 fully saturated rings. The third-order valence-corrected chi connectivity index (χ3v) is 5.36. The normalized spacial score (nSPS) is 16.1. The van der Waals surface area contributed by atoms with E-state index in [1.54, 1.807) is 7.11 Å². The minimum absolute atomic E-state index is 0.0923. The number of ether oxygens (including phenoxy) is 2. The summed E-state index contributed by atoms with van der Waals surface area (Å²) in [5.74, 6) is 0.198. The zero-order chi connectivity index (χ0) is 20.6. The highest BCUT2D eigenvalue weighted by molar-refractivity contribution is 5.86. The van der Waals surface area contributed by atoms with E-state index < -0.39 is 12.0 Å². The molecule has 6 nitrogen and oxygen atoms in total. The third kappa shape index (κ3) is 5.57. The van der Waals surface area contributed by atoms with Crippen molar-refractivity contribution in [1.82, 2.24) is 10.2 Å². The second-order valence-corrected chi connectivity index (χ2v) is 7.28. The molecule has 3 rings (SSSR count). The number of likely N-dealkylation sites (tertiary alicyclic amines) is 1. The Morgan fingerprint density at radius 2 is 1.79 bits per heavy atom. The van der Waals surface area contributed by atoms with Crippen LogP contribution in [-0.4, -0.2) is 44.1 Å². The maximum Gasteiger partial charge on any atom is 0.333 e. The molecule has 1 aliphatic heterocycles. The molecule has 0 aliphatic carbocycles. The summed E-state index contributed by atoms with van der Waals surface area (Å²) in [7, 11) is 3.00. The number of esters is 1. The van der Waals surface area contributed by atoms with Crippen LogP contribution in [0.5, 0.6) is 5.75 Å². The summed E-state index contributed by atoms with van der Waals surface area (Å²) >= 11 is 0. The molecule has 154 valence electrons. The number of carbonyl (C=O) groups excluding carboxylic acids is 2. The molecule has 1 heterocycles. The van der Waals surface area contributed by atoms with Crippen LogP contribution in [0.2, 0.25) is 0 Å². The molecule has 2 aromatic rings. The van der Waals surface area contributed by atoms with Crippen LogP contribution < -0.4 is 10.1 Å². The van der Waals surface area contributed by atoms with Gasteiger partial charge in [0.15, 0.2) is 6.04 Å². The molecule has 0 radical (unpaired) electrons. The fourth-order valence-electron chi connectivity index (χ4n) is 3.68. The Labute approximate surface area is 171 Å². The van der Waals surface area contributed by atoms with E-state index in [4.69, 9.17) is 9.47 Å². The first-order valence-corrected chi connectivity index (χ1v) is 9.89. The van der Waals surface area contributed by atoms with Crippen molar-refractivity contribution in [3.05, 3.63) is 65.7 Å². The van der Waals surface area contributed by atoms with Crippen molar-refractivity contribution < 1.29 is 19.1 Å². The average Bonchev–Trinajstić information content (AvgIpc) is 2.78. The van der Waals surface area contributed by atoms with Gasteiger partial charge in [-0.1, -0.05) is 42.5 Å². The zero-order valence-electron chi connectivity index (χ0n) is 17.0. The summed E-state index contributed by atoms with van der Waals surface area (Å²) in [6, 6.07) is 16.5. The molecule has 1 atom stereocenters. The van der Waals surface area contributed by atoms with Crippen LogP contribution in [0.4, 0.5) is 0 Å². The molecule has 0 bridgehead atoms. The van der Waals surface area contributed by atoms with Crippen molar-refractivity contribution in [2.75, 3.05) is 27.3 Å². The summed E-state index contributed by atoms with van der Waals surface area (Å²) in [6.45, 7) is 2.51. The van der Waals surface area contributed by atoms with E-state index in [2.05, 4.69) is 16.3 Å². The summed E-state index contributed by atoms with van der Waals surface area (Å²) in [4.78, 5) is 27.3. The number of nitrogens with zero attached hydrogens (tertiary/aromatic N) is 1. The van der Waals surface area contributed by atoms with E-state index in [0.717, 1.165) is 43.8 Å². The Bertz CT molecular complexity index is 817. The van der Waals surface area contributed by atoms with Gasteiger partial charge in [0, 0.05) is 12.5 Å². The van der Waals surface area contributed by atoms with Gasteiger partial charge in [-0.25, -0.2) is 4.79 Å². The number of amides is 1. The quantitative estimate of drug-likeness (QED) is 0.729. The van der Waals surface area contributed by atoms with Crippen molar-refractivity contribution in [3.63, 3.8) is 0 Å². The van der Waals surface area contributed by atoms with Crippen LogP contribution in [0, 0.1) is 5.92 Å². The van der Waals surface area contributed by atoms with Gasteiger partial charge in [-0.2, -0.15) is 0 Å². The Kier molecular flexibility index (Phi) is 7.25. The summed E-state index contributed by atoms with van der Waals surface area (Å²) in [6.07, 6.45) is 1.52. The Morgan fingerprint density at radius 3 is 2.45 bits per heavy atom. The summed E-state index contributed by atoms with van der Waals surface area (Å²) < 4.78 is 10.2. The van der Waals surface area contributed by atoms with Crippen LogP contribution in [0.15, 0.2) is 54.6 Å². The standard InChI is InChI=1S/C23H28N2O4/c1-28-20-10-6-7-17(15-20)16-25-13-11-19(12-14-25)22(26)24-21(23(27)29-2)18-8-4-3-5-9-18/h3-10,15,19,21H,11-14,16H2,1-2H3,(H,24,26). The second-order valence-electron chi connectivity index (χ2n) is 7.28.